The number of aliphatic hydroxyl groups excluding tert-OH is 1. The third-order valence-corrected chi connectivity index (χ3v) is 3.99. The molecular weight excluding hydrogens is 240 g/mol. The summed E-state index contributed by atoms with van der Waals surface area (Å²) in [7, 11) is 0. The number of carbonyl (C=O) groups excluding carboxylic acids is 1. The van der Waals surface area contributed by atoms with Crippen molar-refractivity contribution in [3.63, 3.8) is 0 Å². The minimum Gasteiger partial charge on any atom is -0.399 e. The largest absolute Gasteiger partial charge is 0.399 e. The second-order valence-electron chi connectivity index (χ2n) is 5.12. The van der Waals surface area contributed by atoms with Gasteiger partial charge in [0.05, 0.1) is 6.61 Å². The molecule has 1 aromatic carbocycles. The monoisotopic (exact) mass is 264 g/mol. The molecule has 4 N–H and O–H groups in total. The molecule has 0 fully saturated rings. The van der Waals surface area contributed by atoms with Crippen molar-refractivity contribution in [3.05, 3.63) is 29.3 Å². The van der Waals surface area contributed by atoms with Crippen LogP contribution in [-0.4, -0.2) is 24.2 Å². The summed E-state index contributed by atoms with van der Waals surface area (Å²) in [5.41, 5.74) is 7.69. The quantitative estimate of drug-likeness (QED) is 0.689. The average Bonchev–Trinajstić information content (AvgIpc) is 2.43. The minimum atomic E-state index is -0.224. The van der Waals surface area contributed by atoms with Crippen LogP contribution >= 0.6 is 0 Å². The molecule has 1 aromatic rings. The number of nitrogen functional groups attached to an aromatic ring is 1. The van der Waals surface area contributed by atoms with Crippen molar-refractivity contribution in [1.82, 2.24) is 5.32 Å². The second kappa shape index (κ2) is 6.57. The molecule has 1 rings (SSSR count). The molecule has 19 heavy (non-hydrogen) atoms. The Bertz CT molecular complexity index is 432. The zero-order valence-corrected chi connectivity index (χ0v) is 12.0. The maximum absolute atomic E-state index is 12.1. The molecule has 0 aliphatic heterocycles. The van der Waals surface area contributed by atoms with Gasteiger partial charge in [-0.05, 0) is 43.5 Å². The highest BCUT2D eigenvalue weighted by Crippen LogP contribution is 2.24. The van der Waals surface area contributed by atoms with Gasteiger partial charge in [-0.15, -0.1) is 0 Å². The van der Waals surface area contributed by atoms with Crippen molar-refractivity contribution in [3.8, 4) is 0 Å². The number of carbonyl (C=O) groups is 1. The van der Waals surface area contributed by atoms with Crippen molar-refractivity contribution in [2.75, 3.05) is 18.9 Å². The molecule has 1 amide bonds. The molecule has 0 saturated heterocycles. The number of aryl methyl sites for hydroxylation is 1. The third-order valence-electron chi connectivity index (χ3n) is 3.99. The Morgan fingerprint density at radius 2 is 2.00 bits per heavy atom. The lowest BCUT2D eigenvalue weighted by molar-refractivity contribution is 0.0851. The Morgan fingerprint density at radius 1 is 1.37 bits per heavy atom. The van der Waals surface area contributed by atoms with Gasteiger partial charge in [-0.2, -0.15) is 0 Å². The molecule has 0 heterocycles. The maximum Gasteiger partial charge on any atom is 0.251 e. The molecule has 0 radical (unpaired) electrons. The molecule has 0 saturated carbocycles. The standard InChI is InChI=1S/C15H24N2O2/c1-4-15(5-2,10-18)9-17-14(19)12-6-7-13(16)11(3)8-12/h6-8,18H,4-5,9-10,16H2,1-3H3,(H,17,19). The lowest BCUT2D eigenvalue weighted by atomic mass is 9.83. The van der Waals surface area contributed by atoms with Gasteiger partial charge in [-0.3, -0.25) is 4.79 Å². The third kappa shape index (κ3) is 3.70. The van der Waals surface area contributed by atoms with Crippen LogP contribution in [0.4, 0.5) is 5.69 Å². The normalized spacial score (nSPS) is 11.4. The number of hydrogen-bond acceptors (Lipinski definition) is 3. The van der Waals surface area contributed by atoms with Gasteiger partial charge in [0.15, 0.2) is 0 Å². The molecule has 0 atom stereocenters. The van der Waals surface area contributed by atoms with Gasteiger partial charge in [-0.1, -0.05) is 13.8 Å². The SMILES string of the molecule is CCC(CC)(CO)CNC(=O)c1ccc(N)c(C)c1. The molecule has 0 aromatic heterocycles. The predicted octanol–water partition coefficient (Wildman–Crippen LogP) is 2.11. The van der Waals surface area contributed by atoms with Crippen molar-refractivity contribution in [1.29, 1.82) is 0 Å². The Morgan fingerprint density at radius 3 is 2.47 bits per heavy atom. The fraction of sp³-hybridized carbons (Fsp3) is 0.533. The van der Waals surface area contributed by atoms with E-state index in [-0.39, 0.29) is 17.9 Å². The van der Waals surface area contributed by atoms with Gasteiger partial charge >= 0.3 is 0 Å². The van der Waals surface area contributed by atoms with Crippen LogP contribution in [0, 0.1) is 12.3 Å². The van der Waals surface area contributed by atoms with Gasteiger partial charge in [0.25, 0.3) is 5.91 Å². The number of amides is 1. The highest BCUT2D eigenvalue weighted by atomic mass is 16.3. The second-order valence-corrected chi connectivity index (χ2v) is 5.12. The minimum absolute atomic E-state index is 0.0844. The Hall–Kier alpha value is -1.55. The van der Waals surface area contributed by atoms with E-state index in [0.717, 1.165) is 18.4 Å². The number of aliphatic hydroxyl groups is 1. The number of benzene rings is 1. The van der Waals surface area contributed by atoms with E-state index in [4.69, 9.17) is 5.73 Å². The molecule has 0 bridgehead atoms. The number of anilines is 1. The van der Waals surface area contributed by atoms with Crippen LogP contribution in [0.15, 0.2) is 18.2 Å². The molecule has 0 spiro atoms. The van der Waals surface area contributed by atoms with Crippen LogP contribution in [0.5, 0.6) is 0 Å². The number of nitrogens with one attached hydrogen (secondary N) is 1. The Labute approximate surface area is 115 Å². The molecule has 4 heteroatoms. The summed E-state index contributed by atoms with van der Waals surface area (Å²) in [5.74, 6) is -0.122. The van der Waals surface area contributed by atoms with Crippen molar-refractivity contribution >= 4 is 11.6 Å². The number of nitrogens with two attached hydrogens (primary N) is 1. The van der Waals surface area contributed by atoms with Gasteiger partial charge < -0.3 is 16.2 Å². The first kappa shape index (κ1) is 15.5. The summed E-state index contributed by atoms with van der Waals surface area (Å²) >= 11 is 0. The summed E-state index contributed by atoms with van der Waals surface area (Å²) in [5, 5.41) is 12.4. The molecule has 4 nitrogen and oxygen atoms in total. The maximum atomic E-state index is 12.1. The van der Waals surface area contributed by atoms with Crippen LogP contribution in [-0.2, 0) is 0 Å². The summed E-state index contributed by atoms with van der Waals surface area (Å²) in [6.45, 7) is 6.50. The summed E-state index contributed by atoms with van der Waals surface area (Å²) in [6.07, 6.45) is 1.67. The lowest BCUT2D eigenvalue weighted by Crippen LogP contribution is -2.39. The fourth-order valence-electron chi connectivity index (χ4n) is 1.97. The smallest absolute Gasteiger partial charge is 0.251 e. The van der Waals surface area contributed by atoms with E-state index in [2.05, 4.69) is 5.32 Å². The van der Waals surface area contributed by atoms with Crippen LogP contribution in [0.1, 0.15) is 42.6 Å². The molecule has 0 aliphatic carbocycles. The van der Waals surface area contributed by atoms with Gasteiger partial charge in [-0.25, -0.2) is 0 Å². The molecule has 0 unspecified atom stereocenters. The summed E-state index contributed by atoms with van der Waals surface area (Å²) < 4.78 is 0. The predicted molar refractivity (Wildman–Crippen MR) is 78.0 cm³/mol. The van der Waals surface area contributed by atoms with Crippen LogP contribution in [0.25, 0.3) is 0 Å². The topological polar surface area (TPSA) is 75.3 Å². The first-order chi connectivity index (χ1) is 8.98. The van der Waals surface area contributed by atoms with E-state index < -0.39 is 0 Å². The molecular formula is C15H24N2O2. The van der Waals surface area contributed by atoms with Crippen LogP contribution in [0.2, 0.25) is 0 Å². The van der Waals surface area contributed by atoms with Crippen molar-refractivity contribution in [2.24, 2.45) is 5.41 Å². The van der Waals surface area contributed by atoms with Crippen molar-refractivity contribution < 1.29 is 9.90 Å². The van der Waals surface area contributed by atoms with Crippen LogP contribution < -0.4 is 11.1 Å². The van der Waals surface area contributed by atoms with Gasteiger partial charge in [0, 0.05) is 23.2 Å². The van der Waals surface area contributed by atoms with Crippen LogP contribution in [0.3, 0.4) is 0 Å². The highest BCUT2D eigenvalue weighted by Gasteiger charge is 2.25. The Balaban J connectivity index is 2.72. The van der Waals surface area contributed by atoms with E-state index in [1.807, 2.05) is 20.8 Å². The van der Waals surface area contributed by atoms with E-state index in [1.54, 1.807) is 18.2 Å². The Kier molecular flexibility index (Phi) is 5.36. The molecule has 106 valence electrons. The lowest BCUT2D eigenvalue weighted by Gasteiger charge is -2.29. The number of hydrogen-bond donors (Lipinski definition) is 3. The van der Waals surface area contributed by atoms with Gasteiger partial charge in [0.2, 0.25) is 0 Å². The van der Waals surface area contributed by atoms with E-state index in [0.29, 0.717) is 17.8 Å². The highest BCUT2D eigenvalue weighted by molar-refractivity contribution is 5.94. The van der Waals surface area contributed by atoms with E-state index in [9.17, 15) is 9.90 Å². The van der Waals surface area contributed by atoms with Gasteiger partial charge in [0.1, 0.15) is 0 Å². The number of rotatable bonds is 6. The summed E-state index contributed by atoms with van der Waals surface area (Å²) in [4.78, 5) is 12.1. The first-order valence-corrected chi connectivity index (χ1v) is 6.73. The van der Waals surface area contributed by atoms with Crippen molar-refractivity contribution in [2.45, 2.75) is 33.6 Å². The molecule has 0 aliphatic rings. The zero-order chi connectivity index (χ0) is 14.5. The first-order valence-electron chi connectivity index (χ1n) is 6.73. The van der Waals surface area contributed by atoms with E-state index >= 15 is 0 Å². The zero-order valence-electron chi connectivity index (χ0n) is 12.0. The average molecular weight is 264 g/mol. The van der Waals surface area contributed by atoms with E-state index in [1.165, 1.54) is 0 Å². The fourth-order valence-corrected chi connectivity index (χ4v) is 1.97. The summed E-state index contributed by atoms with van der Waals surface area (Å²) in [6, 6.07) is 5.24.